The van der Waals surface area contributed by atoms with Crippen molar-refractivity contribution < 1.29 is 9.13 Å². The fraction of sp³-hybridized carbons (Fsp3) is 0.154. The van der Waals surface area contributed by atoms with Crippen LogP contribution < -0.4 is 16.0 Å². The van der Waals surface area contributed by atoms with E-state index in [9.17, 15) is 4.39 Å². The van der Waals surface area contributed by atoms with E-state index in [1.54, 1.807) is 6.07 Å². The molecule has 0 aromatic carbocycles. The highest BCUT2D eigenvalue weighted by Crippen LogP contribution is 2.20. The fourth-order valence-corrected chi connectivity index (χ4v) is 1.18. The van der Waals surface area contributed by atoms with Gasteiger partial charge in [0.1, 0.15) is 5.76 Å². The molecule has 3 N–H and O–H groups in total. The van der Waals surface area contributed by atoms with Crippen molar-refractivity contribution in [2.75, 3.05) is 5.43 Å². The molecule has 1 heterocycles. The van der Waals surface area contributed by atoms with Gasteiger partial charge in [-0.15, -0.1) is 6.42 Å². The van der Waals surface area contributed by atoms with Gasteiger partial charge in [-0.2, -0.15) is 0 Å². The number of nitrogens with zero attached hydrogens (tertiary/aromatic N) is 1. The molecule has 0 saturated carbocycles. The zero-order chi connectivity index (χ0) is 13.5. The lowest BCUT2D eigenvalue weighted by Gasteiger charge is -2.08. The monoisotopic (exact) mass is 247 g/mol. The van der Waals surface area contributed by atoms with Crippen LogP contribution in [0.15, 0.2) is 36.0 Å². The van der Waals surface area contributed by atoms with E-state index in [1.165, 1.54) is 19.2 Å². The summed E-state index contributed by atoms with van der Waals surface area (Å²) in [4.78, 5) is 3.98. The molecule has 0 amide bonds. The predicted octanol–water partition coefficient (Wildman–Crippen LogP) is 2.44. The predicted molar refractivity (Wildman–Crippen MR) is 69.2 cm³/mol. The largest absolute Gasteiger partial charge is 0.441 e. The van der Waals surface area contributed by atoms with Gasteiger partial charge in [0.05, 0.1) is 11.9 Å². The van der Waals surface area contributed by atoms with Crippen LogP contribution in [0, 0.1) is 19.3 Å². The molecule has 0 bridgehead atoms. The maximum absolute atomic E-state index is 13.4. The first-order valence-corrected chi connectivity index (χ1v) is 5.18. The van der Waals surface area contributed by atoms with Gasteiger partial charge in [0, 0.05) is 6.07 Å². The summed E-state index contributed by atoms with van der Waals surface area (Å²) < 4.78 is 18.7. The van der Waals surface area contributed by atoms with Crippen molar-refractivity contribution in [2.24, 2.45) is 5.84 Å². The number of nitrogens with one attached hydrogen (secondary N) is 1. The van der Waals surface area contributed by atoms with Crippen LogP contribution in [0.25, 0.3) is 0 Å². The van der Waals surface area contributed by atoms with Crippen molar-refractivity contribution in [1.82, 2.24) is 4.98 Å². The highest BCUT2D eigenvalue weighted by atomic mass is 19.1. The highest BCUT2D eigenvalue weighted by Gasteiger charge is 2.05. The number of hydrazine groups is 1. The first-order chi connectivity index (χ1) is 8.58. The number of allylic oxidation sites excluding steroid dienone is 4. The molecule has 0 radical (unpaired) electrons. The number of rotatable bonds is 4. The Kier molecular flexibility index (Phi) is 4.90. The molecule has 4 nitrogen and oxygen atoms in total. The number of nitrogens with two attached hydrogens (primary N) is 1. The fourth-order valence-electron chi connectivity index (χ4n) is 1.18. The number of terminal acetylenes is 1. The molecular weight excluding hydrogens is 233 g/mol. The van der Waals surface area contributed by atoms with Crippen molar-refractivity contribution in [2.45, 2.75) is 13.8 Å². The summed E-state index contributed by atoms with van der Waals surface area (Å²) in [6.45, 7) is 3.32. The number of hydrogen-bond acceptors (Lipinski definition) is 4. The Morgan fingerprint density at radius 1 is 1.67 bits per heavy atom. The van der Waals surface area contributed by atoms with Crippen LogP contribution in [-0.4, -0.2) is 4.98 Å². The first-order valence-electron chi connectivity index (χ1n) is 5.18. The number of hydrogen-bond donors (Lipinski definition) is 2. The number of pyridine rings is 1. The van der Waals surface area contributed by atoms with Crippen LogP contribution in [0.5, 0.6) is 5.88 Å². The van der Waals surface area contributed by atoms with Crippen molar-refractivity contribution in [3.05, 3.63) is 41.6 Å². The lowest BCUT2D eigenvalue weighted by molar-refractivity contribution is 0.388. The van der Waals surface area contributed by atoms with Crippen LogP contribution in [0.4, 0.5) is 10.1 Å². The van der Waals surface area contributed by atoms with Gasteiger partial charge in [0.15, 0.2) is 5.83 Å². The molecule has 0 aliphatic carbocycles. The molecule has 1 aromatic rings. The number of ether oxygens (including phenoxy) is 1. The minimum Gasteiger partial charge on any atom is -0.441 e. The van der Waals surface area contributed by atoms with E-state index in [4.69, 9.17) is 17.0 Å². The molecule has 0 spiro atoms. The van der Waals surface area contributed by atoms with Gasteiger partial charge in [0.25, 0.3) is 0 Å². The summed E-state index contributed by atoms with van der Waals surface area (Å²) in [6, 6.07) is 1.65. The maximum atomic E-state index is 13.4. The van der Waals surface area contributed by atoms with Gasteiger partial charge in [-0.25, -0.2) is 9.37 Å². The summed E-state index contributed by atoms with van der Waals surface area (Å²) in [5.74, 6) is 7.29. The van der Waals surface area contributed by atoms with Crippen LogP contribution in [0.2, 0.25) is 0 Å². The Morgan fingerprint density at radius 2 is 2.39 bits per heavy atom. The van der Waals surface area contributed by atoms with E-state index in [0.29, 0.717) is 5.69 Å². The topological polar surface area (TPSA) is 60.2 Å². The van der Waals surface area contributed by atoms with Gasteiger partial charge >= 0.3 is 0 Å². The first kappa shape index (κ1) is 13.7. The molecule has 0 aliphatic rings. The van der Waals surface area contributed by atoms with Gasteiger partial charge in [-0.3, -0.25) is 5.84 Å². The maximum Gasteiger partial charge on any atom is 0.219 e. The molecule has 0 aliphatic heterocycles. The molecule has 0 atom stereocenters. The molecule has 94 valence electrons. The molecule has 0 fully saturated rings. The van der Waals surface area contributed by atoms with E-state index in [0.717, 1.165) is 11.6 Å². The quantitative estimate of drug-likeness (QED) is 0.282. The van der Waals surface area contributed by atoms with Crippen LogP contribution >= 0.6 is 0 Å². The smallest absolute Gasteiger partial charge is 0.219 e. The van der Waals surface area contributed by atoms with Crippen molar-refractivity contribution in [1.29, 1.82) is 0 Å². The highest BCUT2D eigenvalue weighted by molar-refractivity contribution is 5.49. The third-order valence-corrected chi connectivity index (χ3v) is 2.16. The van der Waals surface area contributed by atoms with Gasteiger partial charge in [-0.1, -0.05) is 5.92 Å². The normalized spacial score (nSPS) is 11.9. The number of aromatic nitrogens is 1. The van der Waals surface area contributed by atoms with Crippen LogP contribution in [0.3, 0.4) is 0 Å². The molecule has 18 heavy (non-hydrogen) atoms. The number of anilines is 1. The summed E-state index contributed by atoms with van der Waals surface area (Å²) in [5.41, 5.74) is 4.01. The molecule has 0 saturated heterocycles. The SMILES string of the molecule is C#C/C=C\C(F)=C(/C)Oc1cc(C)c(NN)cn1. The Balaban J connectivity index is 2.89. The second kappa shape index (κ2) is 6.42. The van der Waals surface area contributed by atoms with Crippen LogP contribution in [0.1, 0.15) is 12.5 Å². The summed E-state index contributed by atoms with van der Waals surface area (Å²) in [7, 11) is 0. The van der Waals surface area contributed by atoms with Crippen molar-refractivity contribution >= 4 is 5.69 Å². The number of nitrogen functional groups attached to an aromatic ring is 1. The van der Waals surface area contributed by atoms with Gasteiger partial charge in [0.2, 0.25) is 5.88 Å². The number of aryl methyl sites for hydroxylation is 1. The third-order valence-electron chi connectivity index (χ3n) is 2.16. The Morgan fingerprint density at radius 3 is 2.94 bits per heavy atom. The van der Waals surface area contributed by atoms with Crippen LogP contribution in [-0.2, 0) is 0 Å². The van der Waals surface area contributed by atoms with E-state index in [2.05, 4.69) is 16.3 Å². The standard InChI is InChI=1S/C13H14FN3O/c1-4-5-6-11(14)10(3)18-13-7-9(2)12(17-15)8-16-13/h1,5-8,17H,15H2,2-3H3/b6-5-,11-10-. The van der Waals surface area contributed by atoms with Gasteiger partial charge < -0.3 is 10.2 Å². The van der Waals surface area contributed by atoms with Gasteiger partial charge in [-0.05, 0) is 31.6 Å². The second-order valence-corrected chi connectivity index (χ2v) is 3.49. The minimum atomic E-state index is -0.548. The van der Waals surface area contributed by atoms with Crippen molar-refractivity contribution in [3.8, 4) is 18.2 Å². The lowest BCUT2D eigenvalue weighted by atomic mass is 10.2. The minimum absolute atomic E-state index is 0.0851. The van der Waals surface area contributed by atoms with E-state index in [-0.39, 0.29) is 11.6 Å². The van der Waals surface area contributed by atoms with E-state index in [1.807, 2.05) is 6.92 Å². The summed E-state index contributed by atoms with van der Waals surface area (Å²) in [5, 5.41) is 0. The zero-order valence-corrected chi connectivity index (χ0v) is 10.2. The van der Waals surface area contributed by atoms with Crippen molar-refractivity contribution in [3.63, 3.8) is 0 Å². The third kappa shape index (κ3) is 3.61. The molecule has 5 heteroatoms. The Labute approximate surface area is 105 Å². The lowest BCUT2D eigenvalue weighted by Crippen LogP contribution is -2.08. The average molecular weight is 247 g/mol. The molecule has 1 rings (SSSR count). The Hall–Kier alpha value is -2.32. The summed E-state index contributed by atoms with van der Waals surface area (Å²) in [6.07, 6.45) is 8.89. The second-order valence-electron chi connectivity index (χ2n) is 3.49. The van der Waals surface area contributed by atoms with E-state index < -0.39 is 5.83 Å². The van der Waals surface area contributed by atoms with E-state index >= 15 is 0 Å². The molecular formula is C13H14FN3O. The average Bonchev–Trinajstić information content (AvgIpc) is 2.36. The number of halogens is 1. The molecule has 0 unspecified atom stereocenters. The summed E-state index contributed by atoms with van der Waals surface area (Å²) >= 11 is 0. The Bertz CT molecular complexity index is 530. The zero-order valence-electron chi connectivity index (χ0n) is 10.2. The molecule has 1 aromatic heterocycles.